The molecule has 2 aliphatic rings. The number of allylic oxidation sites excluding steroid dienone is 4. The van der Waals surface area contributed by atoms with E-state index < -0.39 is 6.36 Å². The number of hydrogen-bond acceptors (Lipinski definition) is 2. The summed E-state index contributed by atoms with van der Waals surface area (Å²) in [6, 6.07) is 8.43. The molecule has 0 aromatic heterocycles. The second-order valence-corrected chi connectivity index (χ2v) is 8.28. The van der Waals surface area contributed by atoms with Gasteiger partial charge in [0.15, 0.2) is 0 Å². The molecule has 2 saturated carbocycles. The van der Waals surface area contributed by atoms with E-state index in [0.717, 1.165) is 44.1 Å². The molecule has 0 heterocycles. The maximum absolute atomic E-state index is 12.3. The predicted molar refractivity (Wildman–Crippen MR) is 107 cm³/mol. The van der Waals surface area contributed by atoms with Gasteiger partial charge in [0.1, 0.15) is 5.75 Å². The average molecular weight is 403 g/mol. The van der Waals surface area contributed by atoms with E-state index in [2.05, 4.69) is 23.0 Å². The lowest BCUT2D eigenvalue weighted by Crippen LogP contribution is -2.17. The predicted octanol–water partition coefficient (Wildman–Crippen LogP) is 7.30. The summed E-state index contributed by atoms with van der Waals surface area (Å²) in [6.07, 6.45) is 12.9. The van der Waals surface area contributed by atoms with Crippen LogP contribution < -0.4 is 4.74 Å². The van der Waals surface area contributed by atoms with Crippen molar-refractivity contribution in [3.63, 3.8) is 0 Å². The fourth-order valence-corrected chi connectivity index (χ4v) is 4.61. The van der Waals surface area contributed by atoms with Gasteiger partial charge in [-0.3, -0.25) is 0 Å². The van der Waals surface area contributed by atoms with Crippen molar-refractivity contribution in [3.8, 4) is 11.8 Å². The van der Waals surface area contributed by atoms with Crippen LogP contribution in [0, 0.1) is 29.1 Å². The van der Waals surface area contributed by atoms with Crippen LogP contribution in [-0.4, -0.2) is 6.36 Å². The van der Waals surface area contributed by atoms with Crippen LogP contribution in [0.3, 0.4) is 0 Å². The van der Waals surface area contributed by atoms with Gasteiger partial charge in [-0.1, -0.05) is 30.4 Å². The average Bonchev–Trinajstić information content (AvgIpc) is 2.71. The van der Waals surface area contributed by atoms with Crippen LogP contribution in [-0.2, 0) is 0 Å². The third-order valence-electron chi connectivity index (χ3n) is 6.27. The summed E-state index contributed by atoms with van der Waals surface area (Å²) in [7, 11) is 0. The number of benzene rings is 1. The van der Waals surface area contributed by atoms with Gasteiger partial charge in [-0.15, -0.1) is 13.2 Å². The summed E-state index contributed by atoms with van der Waals surface area (Å²) in [5, 5.41) is 8.63. The molecule has 3 rings (SSSR count). The molecule has 0 N–H and O–H groups in total. The van der Waals surface area contributed by atoms with Crippen molar-refractivity contribution < 1.29 is 17.9 Å². The van der Waals surface area contributed by atoms with Crippen molar-refractivity contribution in [2.24, 2.45) is 17.8 Å². The highest BCUT2D eigenvalue weighted by Gasteiger charge is 2.31. The van der Waals surface area contributed by atoms with Gasteiger partial charge < -0.3 is 4.74 Å². The quantitative estimate of drug-likeness (QED) is 0.382. The Morgan fingerprint density at radius 2 is 1.28 bits per heavy atom. The number of ether oxygens (including phenoxy) is 1. The Morgan fingerprint density at radius 1 is 0.793 bits per heavy atom. The molecular weight excluding hydrogens is 375 g/mol. The molecule has 1 aromatic rings. The highest BCUT2D eigenvalue weighted by atomic mass is 19.4. The van der Waals surface area contributed by atoms with E-state index in [0.29, 0.717) is 23.7 Å². The summed E-state index contributed by atoms with van der Waals surface area (Å²) >= 11 is 0. The SMILES string of the molecule is N#CC=C[C@H]1CC[C@H](C=C[C@H]2CC[C@H](c3ccc(OC(F)(F)F)cc3)CC2)CC1. The molecule has 0 bridgehead atoms. The summed E-state index contributed by atoms with van der Waals surface area (Å²) in [5.74, 6) is 2.08. The molecule has 0 unspecified atom stereocenters. The Kier molecular flexibility index (Phi) is 7.41. The number of rotatable bonds is 5. The van der Waals surface area contributed by atoms with E-state index >= 15 is 0 Å². The zero-order valence-corrected chi connectivity index (χ0v) is 16.6. The van der Waals surface area contributed by atoms with E-state index in [1.807, 2.05) is 6.08 Å². The minimum absolute atomic E-state index is 0.157. The van der Waals surface area contributed by atoms with Crippen LogP contribution in [0.15, 0.2) is 48.6 Å². The van der Waals surface area contributed by atoms with Gasteiger partial charge >= 0.3 is 6.36 Å². The monoisotopic (exact) mass is 403 g/mol. The molecule has 2 fully saturated rings. The normalized spacial score (nSPS) is 28.5. The van der Waals surface area contributed by atoms with Gasteiger partial charge in [-0.2, -0.15) is 5.26 Å². The first kappa shape index (κ1) is 21.5. The molecule has 156 valence electrons. The first-order valence-electron chi connectivity index (χ1n) is 10.5. The first-order valence-corrected chi connectivity index (χ1v) is 10.5. The molecule has 5 heteroatoms. The maximum atomic E-state index is 12.3. The zero-order chi connectivity index (χ0) is 20.7. The lowest BCUT2D eigenvalue weighted by molar-refractivity contribution is -0.274. The Labute approximate surface area is 171 Å². The molecule has 0 radical (unpaired) electrons. The van der Waals surface area contributed by atoms with Crippen molar-refractivity contribution in [2.75, 3.05) is 0 Å². The van der Waals surface area contributed by atoms with E-state index in [-0.39, 0.29) is 5.75 Å². The molecule has 0 saturated heterocycles. The molecule has 0 aliphatic heterocycles. The molecule has 2 nitrogen and oxygen atoms in total. The molecule has 0 spiro atoms. The standard InChI is InChI=1S/C24H28F3NO/c25-24(26,27)29-23-15-13-22(14-16-23)21-11-9-20(10-12-21)8-7-19-5-3-18(4-6-19)2-1-17-28/h1-2,7-8,13-16,18-21H,3-6,9-12H2/t18-,19-,20-,21-. The van der Waals surface area contributed by atoms with Gasteiger partial charge in [0.05, 0.1) is 6.07 Å². The third-order valence-corrected chi connectivity index (χ3v) is 6.27. The highest BCUT2D eigenvalue weighted by Crippen LogP contribution is 2.38. The van der Waals surface area contributed by atoms with E-state index in [4.69, 9.17) is 5.26 Å². The number of hydrogen-bond donors (Lipinski definition) is 0. The van der Waals surface area contributed by atoms with Crippen molar-refractivity contribution in [2.45, 2.75) is 63.6 Å². The summed E-state index contributed by atoms with van der Waals surface area (Å²) in [5.41, 5.74) is 1.10. The molecule has 2 aliphatic carbocycles. The summed E-state index contributed by atoms with van der Waals surface area (Å²) in [6.45, 7) is 0. The third kappa shape index (κ3) is 6.96. The number of alkyl halides is 3. The molecular formula is C24H28F3NO. The largest absolute Gasteiger partial charge is 0.573 e. The highest BCUT2D eigenvalue weighted by molar-refractivity contribution is 5.30. The number of nitrogens with zero attached hydrogens (tertiary/aromatic N) is 1. The van der Waals surface area contributed by atoms with Gasteiger partial charge in [0.2, 0.25) is 0 Å². The molecule has 1 aromatic carbocycles. The fourth-order valence-electron chi connectivity index (χ4n) is 4.61. The Morgan fingerprint density at radius 3 is 1.76 bits per heavy atom. The van der Waals surface area contributed by atoms with Gasteiger partial charge in [-0.05, 0) is 92.7 Å². The van der Waals surface area contributed by atoms with E-state index in [9.17, 15) is 13.2 Å². The Bertz CT molecular complexity index is 729. The Hall–Kier alpha value is -2.22. The fraction of sp³-hybridized carbons (Fsp3) is 0.542. The topological polar surface area (TPSA) is 33.0 Å². The van der Waals surface area contributed by atoms with Gasteiger partial charge in [0.25, 0.3) is 0 Å². The summed E-state index contributed by atoms with van der Waals surface area (Å²) < 4.78 is 40.8. The minimum Gasteiger partial charge on any atom is -0.406 e. The smallest absolute Gasteiger partial charge is 0.406 e. The van der Waals surface area contributed by atoms with Crippen LogP contribution in [0.2, 0.25) is 0 Å². The van der Waals surface area contributed by atoms with Crippen LogP contribution in [0.1, 0.15) is 62.8 Å². The van der Waals surface area contributed by atoms with Crippen molar-refractivity contribution >= 4 is 0 Å². The number of halogens is 3. The maximum Gasteiger partial charge on any atom is 0.573 e. The van der Waals surface area contributed by atoms with Crippen LogP contribution in [0.4, 0.5) is 13.2 Å². The van der Waals surface area contributed by atoms with Crippen LogP contribution >= 0.6 is 0 Å². The lowest BCUT2D eigenvalue weighted by atomic mass is 9.77. The summed E-state index contributed by atoms with van der Waals surface area (Å²) in [4.78, 5) is 0. The van der Waals surface area contributed by atoms with Crippen molar-refractivity contribution in [1.29, 1.82) is 5.26 Å². The van der Waals surface area contributed by atoms with E-state index in [1.165, 1.54) is 25.0 Å². The Balaban J connectivity index is 1.42. The zero-order valence-electron chi connectivity index (χ0n) is 16.6. The molecule has 0 amide bonds. The van der Waals surface area contributed by atoms with Crippen LogP contribution in [0.5, 0.6) is 5.75 Å². The lowest BCUT2D eigenvalue weighted by Gasteiger charge is -2.28. The van der Waals surface area contributed by atoms with Crippen molar-refractivity contribution in [1.82, 2.24) is 0 Å². The van der Waals surface area contributed by atoms with Crippen molar-refractivity contribution in [3.05, 3.63) is 54.1 Å². The minimum atomic E-state index is -4.64. The number of nitriles is 1. The van der Waals surface area contributed by atoms with E-state index in [1.54, 1.807) is 18.2 Å². The second-order valence-electron chi connectivity index (χ2n) is 8.28. The second kappa shape index (κ2) is 10.0. The van der Waals surface area contributed by atoms with Gasteiger partial charge in [-0.25, -0.2) is 0 Å². The molecule has 29 heavy (non-hydrogen) atoms. The first-order chi connectivity index (χ1) is 13.9. The van der Waals surface area contributed by atoms with Crippen LogP contribution in [0.25, 0.3) is 0 Å². The molecule has 0 atom stereocenters. The van der Waals surface area contributed by atoms with Gasteiger partial charge in [0, 0.05) is 6.08 Å².